The van der Waals surface area contributed by atoms with Crippen LogP contribution in [0.5, 0.6) is 0 Å². The first kappa shape index (κ1) is 14.4. The van der Waals surface area contributed by atoms with Gasteiger partial charge in [-0.05, 0) is 38.4 Å². The molecule has 2 atom stereocenters. The van der Waals surface area contributed by atoms with Gasteiger partial charge in [0.25, 0.3) is 0 Å². The number of fused-ring (bicyclic) bond motifs is 1. The second kappa shape index (κ2) is 6.05. The van der Waals surface area contributed by atoms with Crippen molar-refractivity contribution in [1.82, 2.24) is 4.90 Å². The van der Waals surface area contributed by atoms with Crippen LogP contribution in [0.1, 0.15) is 43.4 Å². The van der Waals surface area contributed by atoms with E-state index in [0.717, 1.165) is 30.9 Å². The largest absolute Gasteiger partial charge is 0.389 e. The minimum Gasteiger partial charge on any atom is -0.389 e. The van der Waals surface area contributed by atoms with E-state index in [4.69, 9.17) is 5.26 Å². The van der Waals surface area contributed by atoms with E-state index in [1.54, 1.807) is 13.0 Å². The van der Waals surface area contributed by atoms with Crippen LogP contribution >= 0.6 is 0 Å². The molecule has 21 heavy (non-hydrogen) atoms. The SMILES string of the molecule is C[C@H](O)c1ccc(C#N)cc1N1CCN2CCCCC2C1. The smallest absolute Gasteiger partial charge is 0.0992 e. The highest BCUT2D eigenvalue weighted by Crippen LogP contribution is 2.31. The average molecular weight is 285 g/mol. The van der Waals surface area contributed by atoms with Crippen molar-refractivity contribution in [1.29, 1.82) is 5.26 Å². The Kier molecular flexibility index (Phi) is 4.14. The third kappa shape index (κ3) is 2.90. The molecular formula is C17H23N3O. The highest BCUT2D eigenvalue weighted by molar-refractivity contribution is 5.59. The number of aliphatic hydroxyl groups is 1. The molecule has 3 rings (SSSR count). The number of nitrogens with zero attached hydrogens (tertiary/aromatic N) is 3. The Morgan fingerprint density at radius 1 is 1.29 bits per heavy atom. The van der Waals surface area contributed by atoms with Crippen molar-refractivity contribution in [3.63, 3.8) is 0 Å². The summed E-state index contributed by atoms with van der Waals surface area (Å²) in [6.45, 7) is 6.09. The van der Waals surface area contributed by atoms with Crippen LogP contribution < -0.4 is 4.90 Å². The Balaban J connectivity index is 1.87. The molecule has 2 aliphatic heterocycles. The molecule has 2 aliphatic rings. The average Bonchev–Trinajstić information content (AvgIpc) is 2.53. The number of hydrogen-bond acceptors (Lipinski definition) is 4. The zero-order valence-electron chi connectivity index (χ0n) is 12.6. The molecule has 4 nitrogen and oxygen atoms in total. The maximum absolute atomic E-state index is 10.0. The van der Waals surface area contributed by atoms with Crippen LogP contribution in [0.3, 0.4) is 0 Å². The van der Waals surface area contributed by atoms with Gasteiger partial charge in [0, 0.05) is 36.9 Å². The lowest BCUT2D eigenvalue weighted by Crippen LogP contribution is -2.55. The van der Waals surface area contributed by atoms with Crippen molar-refractivity contribution in [3.05, 3.63) is 29.3 Å². The predicted molar refractivity (Wildman–Crippen MR) is 83.2 cm³/mol. The maximum Gasteiger partial charge on any atom is 0.0992 e. The molecule has 0 amide bonds. The molecule has 1 N–H and O–H groups in total. The molecular weight excluding hydrogens is 262 g/mol. The van der Waals surface area contributed by atoms with Crippen molar-refractivity contribution in [2.24, 2.45) is 0 Å². The quantitative estimate of drug-likeness (QED) is 0.906. The van der Waals surface area contributed by atoms with Crippen LogP contribution in [0.25, 0.3) is 0 Å². The van der Waals surface area contributed by atoms with Gasteiger partial charge in [-0.15, -0.1) is 0 Å². The van der Waals surface area contributed by atoms with Crippen LogP contribution in [-0.2, 0) is 0 Å². The molecule has 0 radical (unpaired) electrons. The summed E-state index contributed by atoms with van der Waals surface area (Å²) in [5, 5.41) is 19.1. The lowest BCUT2D eigenvalue weighted by Gasteiger charge is -2.45. The zero-order chi connectivity index (χ0) is 14.8. The number of anilines is 1. The molecule has 0 bridgehead atoms. The first-order chi connectivity index (χ1) is 10.2. The fourth-order valence-electron chi connectivity index (χ4n) is 3.62. The number of benzene rings is 1. The first-order valence-electron chi connectivity index (χ1n) is 7.90. The molecule has 2 saturated heterocycles. The van der Waals surface area contributed by atoms with E-state index in [2.05, 4.69) is 15.9 Å². The molecule has 0 spiro atoms. The van der Waals surface area contributed by atoms with E-state index in [1.807, 2.05) is 12.1 Å². The Labute approximate surface area is 126 Å². The lowest BCUT2D eigenvalue weighted by atomic mass is 9.97. The van der Waals surface area contributed by atoms with Gasteiger partial charge in [0.2, 0.25) is 0 Å². The fraction of sp³-hybridized carbons (Fsp3) is 0.588. The number of rotatable bonds is 2. The van der Waals surface area contributed by atoms with Crippen molar-refractivity contribution < 1.29 is 5.11 Å². The van der Waals surface area contributed by atoms with E-state index >= 15 is 0 Å². The Morgan fingerprint density at radius 2 is 2.14 bits per heavy atom. The summed E-state index contributed by atoms with van der Waals surface area (Å²) in [7, 11) is 0. The van der Waals surface area contributed by atoms with E-state index < -0.39 is 6.10 Å². The van der Waals surface area contributed by atoms with Gasteiger partial charge in [-0.2, -0.15) is 5.26 Å². The molecule has 2 heterocycles. The van der Waals surface area contributed by atoms with E-state index in [1.165, 1.54) is 25.8 Å². The van der Waals surface area contributed by atoms with Crippen LogP contribution in [0.4, 0.5) is 5.69 Å². The zero-order valence-corrected chi connectivity index (χ0v) is 12.6. The monoisotopic (exact) mass is 285 g/mol. The number of hydrogen-bond donors (Lipinski definition) is 1. The third-order valence-electron chi connectivity index (χ3n) is 4.79. The molecule has 0 aliphatic carbocycles. The van der Waals surface area contributed by atoms with Gasteiger partial charge in [-0.25, -0.2) is 0 Å². The Morgan fingerprint density at radius 3 is 2.90 bits per heavy atom. The summed E-state index contributed by atoms with van der Waals surface area (Å²) in [5.41, 5.74) is 2.63. The van der Waals surface area contributed by atoms with E-state index in [0.29, 0.717) is 11.6 Å². The van der Waals surface area contributed by atoms with E-state index in [-0.39, 0.29) is 0 Å². The number of aliphatic hydroxyl groups excluding tert-OH is 1. The van der Waals surface area contributed by atoms with Crippen LogP contribution in [0, 0.1) is 11.3 Å². The molecule has 0 saturated carbocycles. The molecule has 0 aromatic heterocycles. The maximum atomic E-state index is 10.0. The fourth-order valence-corrected chi connectivity index (χ4v) is 3.62. The summed E-state index contributed by atoms with van der Waals surface area (Å²) in [4.78, 5) is 4.95. The highest BCUT2D eigenvalue weighted by atomic mass is 16.3. The Bertz CT molecular complexity index is 549. The van der Waals surface area contributed by atoms with Crippen LogP contribution in [0.2, 0.25) is 0 Å². The van der Waals surface area contributed by atoms with Gasteiger partial charge in [0.05, 0.1) is 17.7 Å². The Hall–Kier alpha value is -1.57. The van der Waals surface area contributed by atoms with Gasteiger partial charge in [0.15, 0.2) is 0 Å². The minimum atomic E-state index is -0.503. The summed E-state index contributed by atoms with van der Waals surface area (Å²) in [6, 6.07) is 8.46. The number of nitriles is 1. The summed E-state index contributed by atoms with van der Waals surface area (Å²) >= 11 is 0. The summed E-state index contributed by atoms with van der Waals surface area (Å²) in [6.07, 6.45) is 3.39. The molecule has 2 fully saturated rings. The molecule has 1 aromatic rings. The molecule has 1 aromatic carbocycles. The highest BCUT2D eigenvalue weighted by Gasteiger charge is 2.30. The van der Waals surface area contributed by atoms with Crippen molar-refractivity contribution in [2.75, 3.05) is 31.1 Å². The second-order valence-electron chi connectivity index (χ2n) is 6.19. The van der Waals surface area contributed by atoms with Gasteiger partial charge in [-0.3, -0.25) is 4.90 Å². The predicted octanol–water partition coefficient (Wildman–Crippen LogP) is 2.29. The molecule has 4 heteroatoms. The lowest BCUT2D eigenvalue weighted by molar-refractivity contribution is 0.133. The normalized spacial score (nSPS) is 24.2. The second-order valence-corrected chi connectivity index (χ2v) is 6.19. The molecule has 112 valence electrons. The standard InChI is InChI=1S/C17H23N3O/c1-13(21)16-6-5-14(11-18)10-17(16)20-9-8-19-7-3-2-4-15(19)12-20/h5-6,10,13,15,21H,2-4,7-9,12H2,1H3/t13-,15?/m0/s1. The molecule has 1 unspecified atom stereocenters. The van der Waals surface area contributed by atoms with Gasteiger partial charge < -0.3 is 10.0 Å². The van der Waals surface area contributed by atoms with Gasteiger partial charge in [-0.1, -0.05) is 12.5 Å². The van der Waals surface area contributed by atoms with Gasteiger partial charge in [0.1, 0.15) is 0 Å². The summed E-state index contributed by atoms with van der Waals surface area (Å²) < 4.78 is 0. The van der Waals surface area contributed by atoms with Crippen molar-refractivity contribution >= 4 is 5.69 Å². The van der Waals surface area contributed by atoms with Crippen molar-refractivity contribution in [2.45, 2.75) is 38.3 Å². The van der Waals surface area contributed by atoms with Crippen LogP contribution in [-0.4, -0.2) is 42.2 Å². The van der Waals surface area contributed by atoms with Crippen LogP contribution in [0.15, 0.2) is 18.2 Å². The number of piperazine rings is 1. The van der Waals surface area contributed by atoms with E-state index in [9.17, 15) is 5.11 Å². The first-order valence-corrected chi connectivity index (χ1v) is 7.90. The number of piperidine rings is 1. The third-order valence-corrected chi connectivity index (χ3v) is 4.79. The van der Waals surface area contributed by atoms with Crippen molar-refractivity contribution in [3.8, 4) is 6.07 Å². The minimum absolute atomic E-state index is 0.503. The topological polar surface area (TPSA) is 50.5 Å². The van der Waals surface area contributed by atoms with Gasteiger partial charge >= 0.3 is 0 Å². The summed E-state index contributed by atoms with van der Waals surface area (Å²) in [5.74, 6) is 0.